The molecule has 8 heteroatoms. The van der Waals surface area contributed by atoms with Crippen LogP contribution >= 0.6 is 11.6 Å². The molecule has 0 saturated carbocycles. The van der Waals surface area contributed by atoms with Gasteiger partial charge in [0.1, 0.15) is 5.60 Å². The molecule has 1 saturated heterocycles. The number of piperidine rings is 1. The molecular weight excluding hydrogens is 266 g/mol. The number of aliphatic hydroxyl groups is 1. The molecule has 5 nitrogen and oxygen atoms in total. The topological polar surface area (TPSA) is 62.1 Å². The maximum absolute atomic E-state index is 12.8. The zero-order chi connectivity index (χ0) is 13.3. The number of anilines is 1. The summed E-state index contributed by atoms with van der Waals surface area (Å²) in [4.78, 5) is 5.59. The lowest BCUT2D eigenvalue weighted by atomic mass is 9.93. The second-order valence-electron chi connectivity index (χ2n) is 4.42. The van der Waals surface area contributed by atoms with Crippen LogP contribution in [0.5, 0.6) is 0 Å². The van der Waals surface area contributed by atoms with Crippen molar-refractivity contribution < 1.29 is 13.9 Å². The van der Waals surface area contributed by atoms with Gasteiger partial charge in [0.15, 0.2) is 5.15 Å². The van der Waals surface area contributed by atoms with Gasteiger partial charge in [-0.05, 0) is 19.8 Å². The summed E-state index contributed by atoms with van der Waals surface area (Å²) in [5, 5.41) is 17.4. The first-order valence-electron chi connectivity index (χ1n) is 5.55. The molecule has 1 fully saturated rings. The van der Waals surface area contributed by atoms with Gasteiger partial charge in [0, 0.05) is 6.54 Å². The molecule has 1 N–H and O–H groups in total. The van der Waals surface area contributed by atoms with Crippen LogP contribution in [0.3, 0.4) is 0 Å². The lowest BCUT2D eigenvalue weighted by Gasteiger charge is -2.38. The largest absolute Gasteiger partial charge is 0.382 e. The normalized spacial score (nSPS) is 24.7. The van der Waals surface area contributed by atoms with E-state index < -0.39 is 12.0 Å². The average molecular weight is 279 g/mol. The highest BCUT2D eigenvalue weighted by Gasteiger charge is 2.42. The Labute approximate surface area is 108 Å². The first kappa shape index (κ1) is 13.4. The molecule has 2 heterocycles. The molecule has 0 radical (unpaired) electrons. The number of alkyl halides is 2. The minimum absolute atomic E-state index is 0.0706. The highest BCUT2D eigenvalue weighted by molar-refractivity contribution is 6.29. The second kappa shape index (κ2) is 4.89. The fourth-order valence-electron chi connectivity index (χ4n) is 1.93. The molecule has 0 aromatic carbocycles. The van der Waals surface area contributed by atoms with Crippen LogP contribution in [0.1, 0.15) is 18.5 Å². The van der Waals surface area contributed by atoms with Crippen LogP contribution in [0.2, 0.25) is 5.15 Å². The molecule has 1 aromatic heterocycles. The minimum Gasteiger partial charge on any atom is -0.382 e. The Kier molecular flexibility index (Phi) is 3.63. The number of nitrogens with zero attached hydrogens (tertiary/aromatic N) is 4. The maximum atomic E-state index is 12.8. The van der Waals surface area contributed by atoms with E-state index in [1.54, 1.807) is 6.92 Å². The molecule has 2 rings (SSSR count). The van der Waals surface area contributed by atoms with Crippen LogP contribution in [-0.4, -0.2) is 45.4 Å². The van der Waals surface area contributed by atoms with Gasteiger partial charge in [-0.25, -0.2) is 13.8 Å². The van der Waals surface area contributed by atoms with Crippen LogP contribution in [0, 0.1) is 6.92 Å². The van der Waals surface area contributed by atoms with Gasteiger partial charge < -0.3 is 10.0 Å². The smallest absolute Gasteiger partial charge is 0.268 e. The fourth-order valence-corrected chi connectivity index (χ4v) is 2.01. The monoisotopic (exact) mass is 278 g/mol. The summed E-state index contributed by atoms with van der Waals surface area (Å²) in [5.41, 5.74) is -1.53. The van der Waals surface area contributed by atoms with Crippen LogP contribution in [0.15, 0.2) is 0 Å². The molecule has 1 unspecified atom stereocenters. The molecule has 0 bridgehead atoms. The van der Waals surface area contributed by atoms with E-state index >= 15 is 0 Å². The molecule has 0 amide bonds. The number of hydrogen-bond acceptors (Lipinski definition) is 5. The Morgan fingerprint density at radius 3 is 2.78 bits per heavy atom. The molecule has 100 valence electrons. The van der Waals surface area contributed by atoms with Crippen molar-refractivity contribution in [3.05, 3.63) is 10.8 Å². The Bertz CT molecular complexity index is 448. The molecule has 1 aliphatic heterocycles. The summed E-state index contributed by atoms with van der Waals surface area (Å²) < 4.78 is 25.6. The van der Waals surface area contributed by atoms with Gasteiger partial charge in [-0.1, -0.05) is 11.6 Å². The van der Waals surface area contributed by atoms with Crippen LogP contribution < -0.4 is 4.90 Å². The fraction of sp³-hybridized carbons (Fsp3) is 0.700. The molecular formula is C10H13ClF2N4O. The van der Waals surface area contributed by atoms with E-state index in [-0.39, 0.29) is 24.1 Å². The first-order chi connectivity index (χ1) is 8.42. The van der Waals surface area contributed by atoms with E-state index in [4.69, 9.17) is 11.6 Å². The van der Waals surface area contributed by atoms with Gasteiger partial charge in [0.25, 0.3) is 6.43 Å². The summed E-state index contributed by atoms with van der Waals surface area (Å²) in [6.45, 7) is 1.97. The van der Waals surface area contributed by atoms with Crippen molar-refractivity contribution in [2.75, 3.05) is 18.0 Å². The van der Waals surface area contributed by atoms with Crippen molar-refractivity contribution in [2.24, 2.45) is 0 Å². The molecule has 0 spiro atoms. The standard InChI is InChI=1S/C10H13ClF2N4O/c1-6-7(11)15-16-9(14-6)17-4-2-3-10(18,5-17)8(12)13/h8,18H,2-5H2,1H3. The van der Waals surface area contributed by atoms with Gasteiger partial charge in [-0.3, -0.25) is 0 Å². The minimum atomic E-state index is -2.79. The van der Waals surface area contributed by atoms with Crippen molar-refractivity contribution in [1.29, 1.82) is 0 Å². The molecule has 1 aromatic rings. The van der Waals surface area contributed by atoms with Gasteiger partial charge in [-0.2, -0.15) is 0 Å². The Morgan fingerprint density at radius 1 is 1.44 bits per heavy atom. The lowest BCUT2D eigenvalue weighted by molar-refractivity contribution is -0.102. The van der Waals surface area contributed by atoms with Gasteiger partial charge in [0.05, 0.1) is 12.2 Å². The van der Waals surface area contributed by atoms with Gasteiger partial charge in [0.2, 0.25) is 5.95 Å². The predicted molar refractivity (Wildman–Crippen MR) is 62.0 cm³/mol. The van der Waals surface area contributed by atoms with Crippen LogP contribution in [0.25, 0.3) is 0 Å². The summed E-state index contributed by atoms with van der Waals surface area (Å²) in [5.74, 6) is 0.218. The van der Waals surface area contributed by atoms with E-state index in [1.165, 1.54) is 4.90 Å². The van der Waals surface area contributed by atoms with E-state index in [1.807, 2.05) is 0 Å². The number of halogens is 3. The molecule has 1 atom stereocenters. The second-order valence-corrected chi connectivity index (χ2v) is 4.78. The zero-order valence-corrected chi connectivity index (χ0v) is 10.5. The van der Waals surface area contributed by atoms with Crippen molar-refractivity contribution in [1.82, 2.24) is 15.2 Å². The quantitative estimate of drug-likeness (QED) is 0.887. The molecule has 18 heavy (non-hydrogen) atoms. The van der Waals surface area contributed by atoms with Gasteiger partial charge >= 0.3 is 0 Å². The van der Waals surface area contributed by atoms with Crippen LogP contribution in [0.4, 0.5) is 14.7 Å². The van der Waals surface area contributed by atoms with Gasteiger partial charge in [-0.15, -0.1) is 10.2 Å². The van der Waals surface area contributed by atoms with Crippen molar-refractivity contribution in [2.45, 2.75) is 31.8 Å². The first-order valence-corrected chi connectivity index (χ1v) is 5.92. The summed E-state index contributed by atoms with van der Waals surface area (Å²) in [7, 11) is 0. The molecule has 0 aliphatic carbocycles. The maximum Gasteiger partial charge on any atom is 0.268 e. The Morgan fingerprint density at radius 2 is 2.17 bits per heavy atom. The average Bonchev–Trinajstić information content (AvgIpc) is 2.32. The SMILES string of the molecule is Cc1nc(N2CCCC(O)(C(F)F)C2)nnc1Cl. The highest BCUT2D eigenvalue weighted by atomic mass is 35.5. The lowest BCUT2D eigenvalue weighted by Crippen LogP contribution is -2.53. The zero-order valence-electron chi connectivity index (χ0n) is 9.78. The van der Waals surface area contributed by atoms with E-state index in [2.05, 4.69) is 15.2 Å². The van der Waals surface area contributed by atoms with E-state index in [0.29, 0.717) is 18.7 Å². The number of rotatable bonds is 2. The predicted octanol–water partition coefficient (Wildman–Crippen LogP) is 1.43. The summed E-state index contributed by atoms with van der Waals surface area (Å²) in [6, 6.07) is 0. The summed E-state index contributed by atoms with van der Waals surface area (Å²) in [6.07, 6.45) is -2.27. The van der Waals surface area contributed by atoms with Crippen molar-refractivity contribution in [3.63, 3.8) is 0 Å². The molecule has 1 aliphatic rings. The van der Waals surface area contributed by atoms with E-state index in [9.17, 15) is 13.9 Å². The number of hydrogen-bond donors (Lipinski definition) is 1. The highest BCUT2D eigenvalue weighted by Crippen LogP contribution is 2.29. The number of aromatic nitrogens is 3. The summed E-state index contributed by atoms with van der Waals surface area (Å²) >= 11 is 5.70. The Balaban J connectivity index is 2.20. The van der Waals surface area contributed by atoms with Crippen LogP contribution in [-0.2, 0) is 0 Å². The van der Waals surface area contributed by atoms with Crippen molar-refractivity contribution >= 4 is 17.5 Å². The third-order valence-electron chi connectivity index (χ3n) is 2.98. The number of aryl methyl sites for hydroxylation is 1. The third kappa shape index (κ3) is 2.51. The third-order valence-corrected chi connectivity index (χ3v) is 3.33. The Hall–Kier alpha value is -1.08. The van der Waals surface area contributed by atoms with Crippen molar-refractivity contribution in [3.8, 4) is 0 Å². The van der Waals surface area contributed by atoms with E-state index in [0.717, 1.165) is 0 Å². The number of β-amino-alcohol motifs (C(OH)–C–C–N with tert-alkyl or cyclic N) is 1.